The van der Waals surface area contributed by atoms with E-state index >= 15 is 0 Å². The van der Waals surface area contributed by atoms with Gasteiger partial charge in [0.1, 0.15) is 5.75 Å². The largest absolute Gasteiger partial charge is 0.408 e. The third-order valence-electron chi connectivity index (χ3n) is 2.98. The van der Waals surface area contributed by atoms with Crippen molar-refractivity contribution in [3.63, 3.8) is 0 Å². The molecule has 0 saturated carbocycles. The zero-order valence-corrected chi connectivity index (χ0v) is 12.2. The summed E-state index contributed by atoms with van der Waals surface area (Å²) in [7, 11) is 4.19. The molecule has 0 aliphatic rings. The minimum atomic E-state index is 0.301. The van der Waals surface area contributed by atoms with Gasteiger partial charge in [0.05, 0.1) is 0 Å². The van der Waals surface area contributed by atoms with Gasteiger partial charge in [0.15, 0.2) is 0 Å². The molecule has 0 radical (unpaired) electrons. The highest BCUT2D eigenvalue weighted by Gasteiger charge is 2.06. The molecule has 1 aromatic heterocycles. The number of hydrogen-bond acceptors (Lipinski definition) is 3. The lowest BCUT2D eigenvalue weighted by Crippen LogP contribution is -2.26. The molecule has 19 heavy (non-hydrogen) atoms. The first-order valence-corrected chi connectivity index (χ1v) is 6.73. The van der Waals surface area contributed by atoms with Crippen LogP contribution >= 0.6 is 0 Å². The van der Waals surface area contributed by atoms with E-state index in [0.717, 1.165) is 24.2 Å². The molecular weight excluding hydrogens is 238 g/mol. The van der Waals surface area contributed by atoms with Gasteiger partial charge in [-0.3, -0.25) is 0 Å². The molecule has 0 amide bonds. The number of fused-ring (bicyclic) bond motifs is 1. The molecule has 0 aliphatic carbocycles. The monoisotopic (exact) mass is 261 g/mol. The molecule has 4 heteroatoms. The first-order valence-electron chi connectivity index (χ1n) is 6.73. The summed E-state index contributed by atoms with van der Waals surface area (Å²) in [5.41, 5.74) is 5.46. The van der Waals surface area contributed by atoms with Crippen LogP contribution in [0.1, 0.15) is 19.4 Å². The summed E-state index contributed by atoms with van der Waals surface area (Å²) in [6.07, 6.45) is 3.13. The van der Waals surface area contributed by atoms with Crippen molar-refractivity contribution in [2.75, 3.05) is 20.6 Å². The Balaban J connectivity index is 2.17. The molecule has 2 N–H and O–H groups in total. The van der Waals surface area contributed by atoms with E-state index in [0.29, 0.717) is 6.04 Å². The van der Waals surface area contributed by atoms with E-state index in [9.17, 15) is 0 Å². The van der Waals surface area contributed by atoms with Gasteiger partial charge >= 0.3 is 0 Å². The fourth-order valence-electron chi connectivity index (χ4n) is 1.96. The molecule has 0 unspecified atom stereocenters. The van der Waals surface area contributed by atoms with Gasteiger partial charge in [0.25, 0.3) is 0 Å². The molecule has 0 saturated heterocycles. The highest BCUT2D eigenvalue weighted by Crippen LogP contribution is 2.24. The lowest BCUT2D eigenvalue weighted by atomic mass is 10.1. The second-order valence-corrected chi connectivity index (χ2v) is 5.45. The smallest absolute Gasteiger partial charge is 0.147 e. The summed E-state index contributed by atoms with van der Waals surface area (Å²) in [6, 6.07) is 6.43. The van der Waals surface area contributed by atoms with Crippen LogP contribution in [0.2, 0.25) is 0 Å². The van der Waals surface area contributed by atoms with Crippen LogP contribution < -0.4 is 10.3 Å². The Bertz CT molecular complexity index is 531. The average molecular weight is 261 g/mol. The number of H-pyrrole nitrogens is 1. The van der Waals surface area contributed by atoms with Crippen molar-refractivity contribution in [3.8, 4) is 5.75 Å². The Morgan fingerprint density at radius 1 is 1.32 bits per heavy atom. The van der Waals surface area contributed by atoms with E-state index in [4.69, 9.17) is 4.84 Å². The molecule has 0 bridgehead atoms. The molecule has 1 heterocycles. The Kier molecular flexibility index (Phi) is 4.45. The van der Waals surface area contributed by atoms with Gasteiger partial charge in [-0.25, -0.2) is 0 Å². The number of likely N-dealkylation sites (N-methyl/N-ethyl adjacent to an activating group) is 1. The number of rotatable bonds is 6. The number of nitrogens with one attached hydrogen (secondary N) is 2. The van der Waals surface area contributed by atoms with E-state index in [-0.39, 0.29) is 0 Å². The molecule has 2 aromatic rings. The van der Waals surface area contributed by atoms with Crippen LogP contribution in [-0.4, -0.2) is 36.6 Å². The van der Waals surface area contributed by atoms with Crippen molar-refractivity contribution >= 4 is 10.9 Å². The molecule has 1 aromatic carbocycles. The highest BCUT2D eigenvalue weighted by atomic mass is 16.6. The normalized spacial score (nSPS) is 11.7. The van der Waals surface area contributed by atoms with Crippen molar-refractivity contribution in [1.82, 2.24) is 15.4 Å². The van der Waals surface area contributed by atoms with Crippen molar-refractivity contribution in [2.45, 2.75) is 26.3 Å². The van der Waals surface area contributed by atoms with Crippen LogP contribution in [0, 0.1) is 0 Å². The van der Waals surface area contributed by atoms with Crippen molar-refractivity contribution in [3.05, 3.63) is 30.0 Å². The maximum atomic E-state index is 5.55. The quantitative estimate of drug-likeness (QED) is 0.785. The van der Waals surface area contributed by atoms with Crippen LogP contribution in [0.5, 0.6) is 5.75 Å². The lowest BCUT2D eigenvalue weighted by Gasteiger charge is -2.11. The fourth-order valence-corrected chi connectivity index (χ4v) is 1.96. The van der Waals surface area contributed by atoms with Crippen LogP contribution in [-0.2, 0) is 6.42 Å². The standard InChI is InChI=1S/C15H23N3O/c1-11(2)17-19-13-5-6-15-14(9-13)12(10-16-15)7-8-18(3)4/h5-6,9-11,16-17H,7-8H2,1-4H3. The summed E-state index contributed by atoms with van der Waals surface area (Å²) in [4.78, 5) is 11.1. The van der Waals surface area contributed by atoms with Crippen molar-refractivity contribution in [2.24, 2.45) is 0 Å². The second kappa shape index (κ2) is 6.08. The van der Waals surface area contributed by atoms with Gasteiger partial charge in [0, 0.05) is 29.7 Å². The molecule has 4 nitrogen and oxygen atoms in total. The Morgan fingerprint density at radius 3 is 2.79 bits per heavy atom. The predicted octanol–water partition coefficient (Wildman–Crippen LogP) is 2.56. The molecule has 0 aliphatic heterocycles. The maximum absolute atomic E-state index is 5.55. The highest BCUT2D eigenvalue weighted by molar-refractivity contribution is 5.84. The number of hydrogen-bond donors (Lipinski definition) is 2. The molecule has 0 atom stereocenters. The topological polar surface area (TPSA) is 40.3 Å². The van der Waals surface area contributed by atoms with Crippen LogP contribution in [0.15, 0.2) is 24.4 Å². The SMILES string of the molecule is CC(C)NOc1ccc2[nH]cc(CCN(C)C)c2c1. The van der Waals surface area contributed by atoms with Crippen LogP contribution in [0.3, 0.4) is 0 Å². The number of aromatic amines is 1. The van der Waals surface area contributed by atoms with Crippen LogP contribution in [0.25, 0.3) is 10.9 Å². The molecule has 0 spiro atoms. The van der Waals surface area contributed by atoms with E-state index in [1.165, 1.54) is 10.9 Å². The molecular formula is C15H23N3O. The zero-order valence-electron chi connectivity index (χ0n) is 12.2. The molecule has 104 valence electrons. The summed E-state index contributed by atoms with van der Waals surface area (Å²) in [5.74, 6) is 0.854. The third-order valence-corrected chi connectivity index (χ3v) is 2.98. The number of benzene rings is 1. The van der Waals surface area contributed by atoms with E-state index in [1.807, 2.05) is 6.07 Å². The number of nitrogens with zero attached hydrogens (tertiary/aromatic N) is 1. The van der Waals surface area contributed by atoms with Gasteiger partial charge < -0.3 is 14.7 Å². The van der Waals surface area contributed by atoms with Crippen LogP contribution in [0.4, 0.5) is 0 Å². The Morgan fingerprint density at radius 2 is 2.11 bits per heavy atom. The summed E-state index contributed by atoms with van der Waals surface area (Å²) >= 11 is 0. The van der Waals surface area contributed by atoms with E-state index < -0.39 is 0 Å². The molecule has 2 rings (SSSR count). The minimum absolute atomic E-state index is 0.301. The summed E-state index contributed by atoms with van der Waals surface area (Å²) in [5, 5.41) is 1.24. The lowest BCUT2D eigenvalue weighted by molar-refractivity contribution is 0.169. The number of hydroxylamine groups is 1. The van der Waals surface area contributed by atoms with Crippen molar-refractivity contribution in [1.29, 1.82) is 0 Å². The maximum Gasteiger partial charge on any atom is 0.147 e. The summed E-state index contributed by atoms with van der Waals surface area (Å²) < 4.78 is 0. The minimum Gasteiger partial charge on any atom is -0.408 e. The first kappa shape index (κ1) is 13.9. The Labute approximate surface area is 114 Å². The van der Waals surface area contributed by atoms with Gasteiger partial charge in [-0.2, -0.15) is 5.48 Å². The van der Waals surface area contributed by atoms with Crippen molar-refractivity contribution < 1.29 is 4.84 Å². The van der Waals surface area contributed by atoms with Gasteiger partial charge in [-0.1, -0.05) is 0 Å². The summed E-state index contributed by atoms with van der Waals surface area (Å²) in [6.45, 7) is 5.15. The first-order chi connectivity index (χ1) is 9.06. The number of aromatic nitrogens is 1. The van der Waals surface area contributed by atoms with Gasteiger partial charge in [0.2, 0.25) is 0 Å². The fraction of sp³-hybridized carbons (Fsp3) is 0.467. The zero-order chi connectivity index (χ0) is 13.8. The average Bonchev–Trinajstić information content (AvgIpc) is 2.76. The van der Waals surface area contributed by atoms with E-state index in [1.54, 1.807) is 0 Å². The third kappa shape index (κ3) is 3.72. The second-order valence-electron chi connectivity index (χ2n) is 5.45. The molecule has 0 fully saturated rings. The van der Waals surface area contributed by atoms with E-state index in [2.05, 4.69) is 61.6 Å². The van der Waals surface area contributed by atoms with Gasteiger partial charge in [-0.05, 0) is 58.1 Å². The predicted molar refractivity (Wildman–Crippen MR) is 79.5 cm³/mol. The van der Waals surface area contributed by atoms with Gasteiger partial charge in [-0.15, -0.1) is 0 Å². The Hall–Kier alpha value is -1.52.